The Morgan fingerprint density at radius 1 is 1.11 bits per heavy atom. The molecule has 0 unspecified atom stereocenters. The number of carbonyl (C=O) groups is 2. The molecule has 0 bridgehead atoms. The predicted molar refractivity (Wildman–Crippen MR) is 72.5 cm³/mol. The molecule has 0 aliphatic carbocycles. The van der Waals surface area contributed by atoms with Gasteiger partial charge in [0.15, 0.2) is 0 Å². The van der Waals surface area contributed by atoms with E-state index in [1.54, 1.807) is 0 Å². The summed E-state index contributed by atoms with van der Waals surface area (Å²) in [5.41, 5.74) is 0. The number of rotatable bonds is 8. The van der Waals surface area contributed by atoms with Crippen molar-refractivity contribution in [2.45, 2.75) is 66.2 Å². The van der Waals surface area contributed by atoms with Crippen molar-refractivity contribution >= 4 is 11.9 Å². The van der Waals surface area contributed by atoms with E-state index in [0.29, 0.717) is 25.4 Å². The summed E-state index contributed by atoms with van der Waals surface area (Å²) in [6.45, 7) is 8.67. The minimum Gasteiger partial charge on any atom is -0.481 e. The first-order valence-electron chi connectivity index (χ1n) is 6.81. The largest absolute Gasteiger partial charge is 0.481 e. The molecule has 0 saturated carbocycles. The zero-order chi connectivity index (χ0) is 14.4. The molecule has 0 aliphatic heterocycles. The molecule has 4 heteroatoms. The SMILES string of the molecule is CCCCC(=O)O.CCCCOC(=O)CC(C)C. The molecule has 4 nitrogen and oxygen atoms in total. The summed E-state index contributed by atoms with van der Waals surface area (Å²) in [6, 6.07) is 0. The van der Waals surface area contributed by atoms with Crippen LogP contribution in [0.4, 0.5) is 0 Å². The van der Waals surface area contributed by atoms with Crippen LogP contribution in [0.2, 0.25) is 0 Å². The van der Waals surface area contributed by atoms with E-state index >= 15 is 0 Å². The third-order valence-corrected chi connectivity index (χ3v) is 2.08. The lowest BCUT2D eigenvalue weighted by Gasteiger charge is -2.04. The van der Waals surface area contributed by atoms with E-state index in [1.807, 2.05) is 20.8 Å². The summed E-state index contributed by atoms with van der Waals surface area (Å²) in [7, 11) is 0. The molecule has 0 aromatic heterocycles. The Morgan fingerprint density at radius 2 is 1.67 bits per heavy atom. The number of ether oxygens (including phenoxy) is 1. The van der Waals surface area contributed by atoms with Gasteiger partial charge in [-0.1, -0.05) is 40.5 Å². The average molecular weight is 260 g/mol. The number of carboxylic acids is 1. The summed E-state index contributed by atoms with van der Waals surface area (Å²) in [6.07, 6.45) is 4.68. The Bertz CT molecular complexity index is 212. The van der Waals surface area contributed by atoms with Crippen molar-refractivity contribution in [3.05, 3.63) is 0 Å². The number of esters is 1. The number of aliphatic carboxylic acids is 1. The first-order valence-corrected chi connectivity index (χ1v) is 6.81. The topological polar surface area (TPSA) is 63.6 Å². The van der Waals surface area contributed by atoms with Crippen molar-refractivity contribution in [2.24, 2.45) is 5.92 Å². The minimum atomic E-state index is -0.693. The Morgan fingerprint density at radius 3 is 2.00 bits per heavy atom. The molecule has 0 saturated heterocycles. The lowest BCUT2D eigenvalue weighted by Crippen LogP contribution is -2.08. The van der Waals surface area contributed by atoms with Gasteiger partial charge in [-0.2, -0.15) is 0 Å². The number of unbranched alkanes of at least 4 members (excludes halogenated alkanes) is 2. The Balaban J connectivity index is 0. The van der Waals surface area contributed by atoms with E-state index in [0.717, 1.165) is 25.7 Å². The highest BCUT2D eigenvalue weighted by molar-refractivity contribution is 5.69. The smallest absolute Gasteiger partial charge is 0.306 e. The molecule has 1 N–H and O–H groups in total. The number of hydrogen-bond donors (Lipinski definition) is 1. The van der Waals surface area contributed by atoms with Gasteiger partial charge in [0, 0.05) is 12.8 Å². The van der Waals surface area contributed by atoms with E-state index in [1.165, 1.54) is 0 Å². The molecule has 0 heterocycles. The second kappa shape index (κ2) is 14.0. The highest BCUT2D eigenvalue weighted by Crippen LogP contribution is 2.01. The van der Waals surface area contributed by atoms with Gasteiger partial charge in [-0.05, 0) is 18.8 Å². The first kappa shape index (κ1) is 19.3. The highest BCUT2D eigenvalue weighted by Gasteiger charge is 2.04. The lowest BCUT2D eigenvalue weighted by atomic mass is 10.1. The van der Waals surface area contributed by atoms with Crippen LogP contribution in [0, 0.1) is 5.92 Å². The maximum atomic E-state index is 10.9. The number of carbonyl (C=O) groups excluding carboxylic acids is 1. The van der Waals surface area contributed by atoms with Gasteiger partial charge in [0.25, 0.3) is 0 Å². The minimum absolute atomic E-state index is 0.0616. The Labute approximate surface area is 111 Å². The summed E-state index contributed by atoms with van der Waals surface area (Å²) in [5, 5.41) is 8.04. The second-order valence-electron chi connectivity index (χ2n) is 4.67. The maximum absolute atomic E-state index is 10.9. The van der Waals surface area contributed by atoms with Gasteiger partial charge in [-0.3, -0.25) is 9.59 Å². The van der Waals surface area contributed by atoms with Gasteiger partial charge < -0.3 is 9.84 Å². The van der Waals surface area contributed by atoms with Crippen LogP contribution in [-0.2, 0) is 14.3 Å². The van der Waals surface area contributed by atoms with E-state index in [-0.39, 0.29) is 5.97 Å². The first-order chi connectivity index (χ1) is 8.43. The summed E-state index contributed by atoms with van der Waals surface area (Å²) < 4.78 is 4.95. The van der Waals surface area contributed by atoms with Crippen molar-refractivity contribution in [1.82, 2.24) is 0 Å². The Kier molecular flexibility index (Phi) is 15.0. The maximum Gasteiger partial charge on any atom is 0.306 e. The molecule has 0 aromatic rings. The molecule has 0 aliphatic rings. The molecule has 108 valence electrons. The van der Waals surface area contributed by atoms with Gasteiger partial charge in [0.05, 0.1) is 6.61 Å². The fraction of sp³-hybridized carbons (Fsp3) is 0.857. The van der Waals surface area contributed by atoms with Crippen molar-refractivity contribution in [2.75, 3.05) is 6.61 Å². The molecule has 0 rings (SSSR count). The molecule has 0 aromatic carbocycles. The summed E-state index contributed by atoms with van der Waals surface area (Å²) in [5.74, 6) is -0.348. The molecule has 0 radical (unpaired) electrons. The van der Waals surface area contributed by atoms with Crippen LogP contribution >= 0.6 is 0 Å². The zero-order valence-corrected chi connectivity index (χ0v) is 12.2. The van der Waals surface area contributed by atoms with E-state index in [9.17, 15) is 9.59 Å². The van der Waals surface area contributed by atoms with E-state index in [2.05, 4.69) is 6.92 Å². The number of carboxylic acid groups (broad SMARTS) is 1. The standard InChI is InChI=1S/C9H18O2.C5H10O2/c1-4-5-6-11-9(10)7-8(2)3;1-2-3-4-5(6)7/h8H,4-7H2,1-3H3;2-4H2,1H3,(H,6,7). The van der Waals surface area contributed by atoms with Crippen LogP contribution in [0.1, 0.15) is 66.2 Å². The van der Waals surface area contributed by atoms with Gasteiger partial charge in [0.1, 0.15) is 0 Å². The van der Waals surface area contributed by atoms with Gasteiger partial charge in [-0.15, -0.1) is 0 Å². The fourth-order valence-electron chi connectivity index (χ4n) is 1.05. The molecular formula is C14H28O4. The molecule has 0 fully saturated rings. The van der Waals surface area contributed by atoms with Crippen molar-refractivity contribution in [3.8, 4) is 0 Å². The Hall–Kier alpha value is -1.06. The molecular weight excluding hydrogens is 232 g/mol. The third-order valence-electron chi connectivity index (χ3n) is 2.08. The van der Waals surface area contributed by atoms with E-state index in [4.69, 9.17) is 9.84 Å². The van der Waals surface area contributed by atoms with Gasteiger partial charge in [-0.25, -0.2) is 0 Å². The van der Waals surface area contributed by atoms with Crippen LogP contribution in [-0.4, -0.2) is 23.7 Å². The third kappa shape index (κ3) is 20.4. The van der Waals surface area contributed by atoms with Gasteiger partial charge >= 0.3 is 11.9 Å². The highest BCUT2D eigenvalue weighted by atomic mass is 16.5. The summed E-state index contributed by atoms with van der Waals surface area (Å²) >= 11 is 0. The van der Waals surface area contributed by atoms with E-state index < -0.39 is 5.97 Å². The predicted octanol–water partition coefficient (Wildman–Crippen LogP) is 3.64. The molecule has 18 heavy (non-hydrogen) atoms. The average Bonchev–Trinajstić information content (AvgIpc) is 2.26. The quantitative estimate of drug-likeness (QED) is 0.534. The van der Waals surface area contributed by atoms with Crippen LogP contribution in [0.3, 0.4) is 0 Å². The number of hydrogen-bond acceptors (Lipinski definition) is 3. The molecule has 0 atom stereocenters. The van der Waals surface area contributed by atoms with Crippen LogP contribution in [0.5, 0.6) is 0 Å². The van der Waals surface area contributed by atoms with Crippen molar-refractivity contribution in [3.63, 3.8) is 0 Å². The van der Waals surface area contributed by atoms with Gasteiger partial charge in [0.2, 0.25) is 0 Å². The zero-order valence-electron chi connectivity index (χ0n) is 12.2. The van der Waals surface area contributed by atoms with Crippen LogP contribution < -0.4 is 0 Å². The van der Waals surface area contributed by atoms with Crippen LogP contribution in [0.25, 0.3) is 0 Å². The monoisotopic (exact) mass is 260 g/mol. The fourth-order valence-corrected chi connectivity index (χ4v) is 1.05. The van der Waals surface area contributed by atoms with Crippen molar-refractivity contribution in [1.29, 1.82) is 0 Å². The van der Waals surface area contributed by atoms with Crippen LogP contribution in [0.15, 0.2) is 0 Å². The normalized spacial score (nSPS) is 9.61. The molecule has 0 amide bonds. The second-order valence-corrected chi connectivity index (χ2v) is 4.67. The lowest BCUT2D eigenvalue weighted by molar-refractivity contribution is -0.144. The van der Waals surface area contributed by atoms with Crippen molar-refractivity contribution < 1.29 is 19.4 Å². The molecule has 0 spiro atoms. The summed E-state index contributed by atoms with van der Waals surface area (Å²) in [4.78, 5) is 20.7.